The predicted octanol–water partition coefficient (Wildman–Crippen LogP) is 1.54. The molecule has 0 aromatic carbocycles. The van der Waals surface area contributed by atoms with E-state index < -0.39 is 0 Å². The van der Waals surface area contributed by atoms with Gasteiger partial charge in [0.1, 0.15) is 0 Å². The molecule has 0 aliphatic carbocycles. The Morgan fingerprint density at radius 3 is 2.37 bits per heavy atom. The summed E-state index contributed by atoms with van der Waals surface area (Å²) in [5.41, 5.74) is 0.100. The molecule has 0 fully saturated rings. The lowest BCUT2D eigenvalue weighted by molar-refractivity contribution is 0.145. The van der Waals surface area contributed by atoms with Crippen LogP contribution < -0.4 is 10.6 Å². The van der Waals surface area contributed by atoms with Gasteiger partial charge in [-0.1, -0.05) is 0 Å². The number of hydrogen-bond donors (Lipinski definition) is 2. The van der Waals surface area contributed by atoms with E-state index in [0.29, 0.717) is 0 Å². The number of hydrogen-bond acceptors (Lipinski definition) is 3. The molecule has 0 saturated heterocycles. The first-order valence-electron chi connectivity index (χ1n) is 6.63. The van der Waals surface area contributed by atoms with Crippen molar-refractivity contribution in [3.05, 3.63) is 0 Å². The summed E-state index contributed by atoms with van der Waals surface area (Å²) in [5.74, 6) is 0.849. The topological polar surface area (TPSA) is 48.9 Å². The van der Waals surface area contributed by atoms with E-state index in [1.54, 1.807) is 7.05 Å². The van der Waals surface area contributed by atoms with Gasteiger partial charge in [0, 0.05) is 38.9 Å². The zero-order valence-corrected chi connectivity index (χ0v) is 15.6. The molecule has 0 heterocycles. The van der Waals surface area contributed by atoms with Crippen molar-refractivity contribution in [2.75, 3.05) is 47.4 Å². The molecule has 0 aromatic heterocycles. The summed E-state index contributed by atoms with van der Waals surface area (Å²) < 4.78 is 5.29. The van der Waals surface area contributed by atoms with Crippen molar-refractivity contribution in [3.63, 3.8) is 0 Å². The highest BCUT2D eigenvalue weighted by atomic mass is 127. The average molecular weight is 386 g/mol. The van der Waals surface area contributed by atoms with Crippen molar-refractivity contribution >= 4 is 29.9 Å². The predicted molar refractivity (Wildman–Crippen MR) is 93.7 cm³/mol. The highest BCUT2D eigenvalue weighted by Crippen LogP contribution is 2.07. The monoisotopic (exact) mass is 386 g/mol. The Kier molecular flexibility index (Phi) is 13.1. The number of likely N-dealkylation sites (N-methyl/N-ethyl adjacent to an activating group) is 1. The fourth-order valence-electron chi connectivity index (χ4n) is 1.20. The molecule has 0 aliphatic heterocycles. The van der Waals surface area contributed by atoms with Crippen LogP contribution in [0.3, 0.4) is 0 Å². The Bertz CT molecular complexity index is 245. The smallest absolute Gasteiger partial charge is 0.191 e. The minimum atomic E-state index is 0. The van der Waals surface area contributed by atoms with Crippen LogP contribution >= 0.6 is 24.0 Å². The van der Waals surface area contributed by atoms with Gasteiger partial charge in [0.25, 0.3) is 0 Å². The number of guanidine groups is 1. The van der Waals surface area contributed by atoms with Crippen LogP contribution in [0, 0.1) is 0 Å². The highest BCUT2D eigenvalue weighted by molar-refractivity contribution is 14.0. The van der Waals surface area contributed by atoms with Crippen LogP contribution in [0.25, 0.3) is 0 Å². The minimum absolute atomic E-state index is 0. The lowest BCUT2D eigenvalue weighted by Gasteiger charge is -2.33. The van der Waals surface area contributed by atoms with E-state index in [9.17, 15) is 0 Å². The number of nitrogens with zero attached hydrogens (tertiary/aromatic N) is 2. The third-order valence-corrected chi connectivity index (χ3v) is 3.08. The second-order valence-electron chi connectivity index (χ2n) is 5.11. The number of ether oxygens (including phenoxy) is 1. The van der Waals surface area contributed by atoms with Gasteiger partial charge in [0.15, 0.2) is 5.96 Å². The summed E-state index contributed by atoms with van der Waals surface area (Å²) >= 11 is 0. The second kappa shape index (κ2) is 11.7. The van der Waals surface area contributed by atoms with Gasteiger partial charge in [-0.3, -0.25) is 4.99 Å². The van der Waals surface area contributed by atoms with Crippen molar-refractivity contribution in [2.24, 2.45) is 4.99 Å². The quantitative estimate of drug-likeness (QED) is 0.288. The van der Waals surface area contributed by atoms with E-state index >= 15 is 0 Å². The molecule has 0 radical (unpaired) electrons. The number of nitrogens with one attached hydrogen (secondary N) is 2. The molecule has 2 N–H and O–H groups in total. The lowest BCUT2D eigenvalue weighted by Crippen LogP contribution is -2.51. The Balaban J connectivity index is 0. The van der Waals surface area contributed by atoms with E-state index in [0.717, 1.165) is 38.7 Å². The molecule has 5 nitrogen and oxygen atoms in total. The van der Waals surface area contributed by atoms with Crippen LogP contribution in [0.15, 0.2) is 4.99 Å². The van der Waals surface area contributed by atoms with Crippen molar-refractivity contribution in [1.29, 1.82) is 0 Å². The fraction of sp³-hybridized carbons (Fsp3) is 0.923. The highest BCUT2D eigenvalue weighted by Gasteiger charge is 2.20. The first-order valence-corrected chi connectivity index (χ1v) is 6.63. The van der Waals surface area contributed by atoms with Gasteiger partial charge in [-0.15, -0.1) is 24.0 Å². The van der Waals surface area contributed by atoms with Gasteiger partial charge in [0.2, 0.25) is 0 Å². The second-order valence-corrected chi connectivity index (χ2v) is 5.11. The Labute approximate surface area is 135 Å². The van der Waals surface area contributed by atoms with Crippen molar-refractivity contribution in [1.82, 2.24) is 15.5 Å². The number of halogens is 1. The van der Waals surface area contributed by atoms with Crippen LogP contribution in [-0.4, -0.2) is 63.8 Å². The molecule has 0 rings (SSSR count). The van der Waals surface area contributed by atoms with Crippen LogP contribution in [0.4, 0.5) is 0 Å². The Morgan fingerprint density at radius 1 is 1.26 bits per heavy atom. The van der Waals surface area contributed by atoms with Crippen LogP contribution in [-0.2, 0) is 4.74 Å². The summed E-state index contributed by atoms with van der Waals surface area (Å²) in [6.07, 6.45) is 0.992. The van der Waals surface area contributed by atoms with Gasteiger partial charge in [0.05, 0.1) is 0 Å². The maximum atomic E-state index is 5.29. The maximum Gasteiger partial charge on any atom is 0.191 e. The minimum Gasteiger partial charge on any atom is -0.382 e. The molecule has 0 aliphatic rings. The molecular weight excluding hydrogens is 355 g/mol. The zero-order valence-electron chi connectivity index (χ0n) is 13.2. The van der Waals surface area contributed by atoms with Gasteiger partial charge in [-0.2, -0.15) is 0 Å². The molecule has 116 valence electrons. The third-order valence-electron chi connectivity index (χ3n) is 3.08. The van der Waals surface area contributed by atoms with E-state index in [-0.39, 0.29) is 29.5 Å². The van der Waals surface area contributed by atoms with E-state index in [2.05, 4.69) is 48.5 Å². The van der Waals surface area contributed by atoms with Crippen molar-refractivity contribution < 1.29 is 4.74 Å². The van der Waals surface area contributed by atoms with Gasteiger partial charge >= 0.3 is 0 Å². The summed E-state index contributed by atoms with van der Waals surface area (Å²) in [7, 11) is 5.96. The van der Waals surface area contributed by atoms with Gasteiger partial charge < -0.3 is 20.3 Å². The molecule has 0 saturated carbocycles. The van der Waals surface area contributed by atoms with Crippen molar-refractivity contribution in [2.45, 2.75) is 32.7 Å². The van der Waals surface area contributed by atoms with E-state index in [1.807, 2.05) is 6.92 Å². The summed E-state index contributed by atoms with van der Waals surface area (Å²) in [6.45, 7) is 9.71. The number of rotatable bonds is 8. The van der Waals surface area contributed by atoms with Crippen LogP contribution in [0.2, 0.25) is 0 Å². The van der Waals surface area contributed by atoms with Gasteiger partial charge in [-0.05, 0) is 41.3 Å². The molecular formula is C13H31IN4O. The molecule has 0 atom stereocenters. The standard InChI is InChI=1S/C13H30N4O.HI/c1-7-18-10-8-9-15-12(14-4)16-11-13(2,3)17(5)6;/h7-11H2,1-6H3,(H2,14,15,16);1H. The summed E-state index contributed by atoms with van der Waals surface area (Å²) in [4.78, 5) is 6.40. The molecule has 6 heteroatoms. The summed E-state index contributed by atoms with van der Waals surface area (Å²) in [5, 5.41) is 6.62. The van der Waals surface area contributed by atoms with Crippen molar-refractivity contribution in [3.8, 4) is 0 Å². The van der Waals surface area contributed by atoms with Gasteiger partial charge in [-0.25, -0.2) is 0 Å². The zero-order chi connectivity index (χ0) is 14.0. The Hall–Kier alpha value is -0.0800. The Morgan fingerprint density at radius 2 is 1.89 bits per heavy atom. The van der Waals surface area contributed by atoms with E-state index in [1.165, 1.54) is 0 Å². The van der Waals surface area contributed by atoms with E-state index in [4.69, 9.17) is 4.74 Å². The molecule has 0 aromatic rings. The first kappa shape index (κ1) is 21.2. The van der Waals surface area contributed by atoms with Crippen LogP contribution in [0.5, 0.6) is 0 Å². The largest absolute Gasteiger partial charge is 0.382 e. The lowest BCUT2D eigenvalue weighted by atomic mass is 10.0. The molecule has 0 amide bonds. The molecule has 19 heavy (non-hydrogen) atoms. The normalized spacial score (nSPS) is 12.3. The third kappa shape index (κ3) is 10.4. The summed E-state index contributed by atoms with van der Waals surface area (Å²) in [6, 6.07) is 0. The first-order chi connectivity index (χ1) is 8.44. The molecule has 0 spiro atoms. The molecule has 0 bridgehead atoms. The SMILES string of the molecule is CCOCCCNC(=NC)NCC(C)(C)N(C)C.I. The molecule has 0 unspecified atom stereocenters. The average Bonchev–Trinajstić information content (AvgIpc) is 2.32. The van der Waals surface area contributed by atoms with Crippen LogP contribution in [0.1, 0.15) is 27.2 Å². The number of aliphatic imine (C=N–C) groups is 1. The fourth-order valence-corrected chi connectivity index (χ4v) is 1.20. The maximum absolute atomic E-state index is 5.29.